The van der Waals surface area contributed by atoms with Gasteiger partial charge in [-0.2, -0.15) is 0 Å². The summed E-state index contributed by atoms with van der Waals surface area (Å²) in [6.07, 6.45) is 6.57. The maximum absolute atomic E-state index is 11.9. The van der Waals surface area contributed by atoms with Crippen LogP contribution in [0.15, 0.2) is 30.3 Å². The molecule has 1 aromatic carbocycles. The van der Waals surface area contributed by atoms with Crippen LogP contribution in [0.5, 0.6) is 0 Å². The summed E-state index contributed by atoms with van der Waals surface area (Å²) in [5.74, 6) is 0.173. The molecule has 0 amide bonds. The third-order valence-corrected chi connectivity index (χ3v) is 3.27. The van der Waals surface area contributed by atoms with Crippen LogP contribution in [0.3, 0.4) is 0 Å². The van der Waals surface area contributed by atoms with Crippen LogP contribution in [-0.4, -0.2) is 18.5 Å². The number of carbonyl (C=O) groups is 1. The minimum absolute atomic E-state index is 0.173. The summed E-state index contributed by atoms with van der Waals surface area (Å²) in [7, 11) is 0. The molecule has 1 unspecified atom stereocenters. The minimum atomic E-state index is 0.173. The SMILES string of the molecule is CCCCC(CCC)OCCC(=O)c1ccccc1. The highest BCUT2D eigenvalue weighted by Gasteiger charge is 2.10. The summed E-state index contributed by atoms with van der Waals surface area (Å²) < 4.78 is 5.86. The summed E-state index contributed by atoms with van der Waals surface area (Å²) >= 11 is 0. The second-order valence-corrected chi connectivity index (χ2v) is 4.96. The van der Waals surface area contributed by atoms with Gasteiger partial charge in [0.1, 0.15) is 0 Å². The van der Waals surface area contributed by atoms with Crippen LogP contribution in [-0.2, 0) is 4.74 Å². The van der Waals surface area contributed by atoms with Gasteiger partial charge in [-0.25, -0.2) is 0 Å². The predicted octanol–water partition coefficient (Wildman–Crippen LogP) is 4.63. The smallest absolute Gasteiger partial charge is 0.165 e. The van der Waals surface area contributed by atoms with E-state index in [0.29, 0.717) is 19.1 Å². The van der Waals surface area contributed by atoms with Gasteiger partial charge in [0.15, 0.2) is 5.78 Å². The Kier molecular flexibility index (Phi) is 8.15. The molecule has 1 atom stereocenters. The fourth-order valence-electron chi connectivity index (χ4n) is 2.15. The Morgan fingerprint density at radius 1 is 1.11 bits per heavy atom. The highest BCUT2D eigenvalue weighted by molar-refractivity contribution is 5.96. The fraction of sp³-hybridized carbons (Fsp3) is 0.588. The number of unbranched alkanes of at least 4 members (excludes halogenated alkanes) is 1. The van der Waals surface area contributed by atoms with Crippen LogP contribution in [0.4, 0.5) is 0 Å². The first-order valence-electron chi connectivity index (χ1n) is 7.47. The highest BCUT2D eigenvalue weighted by Crippen LogP contribution is 2.12. The monoisotopic (exact) mass is 262 g/mol. The van der Waals surface area contributed by atoms with Crippen molar-refractivity contribution in [2.24, 2.45) is 0 Å². The molecule has 0 radical (unpaired) electrons. The molecule has 2 nitrogen and oxygen atoms in total. The van der Waals surface area contributed by atoms with Crippen molar-refractivity contribution in [2.45, 2.75) is 58.5 Å². The molecule has 106 valence electrons. The Bertz CT molecular complexity index is 346. The molecule has 0 aromatic heterocycles. The van der Waals surface area contributed by atoms with E-state index in [4.69, 9.17) is 4.74 Å². The van der Waals surface area contributed by atoms with E-state index in [-0.39, 0.29) is 5.78 Å². The molecule has 2 heteroatoms. The Morgan fingerprint density at radius 2 is 1.84 bits per heavy atom. The maximum Gasteiger partial charge on any atom is 0.165 e. The first-order chi connectivity index (χ1) is 9.27. The molecule has 1 aromatic rings. The third kappa shape index (κ3) is 6.53. The molecule has 0 spiro atoms. The molecule has 19 heavy (non-hydrogen) atoms. The minimum Gasteiger partial charge on any atom is -0.378 e. The number of hydrogen-bond donors (Lipinski definition) is 0. The Morgan fingerprint density at radius 3 is 2.47 bits per heavy atom. The van der Waals surface area contributed by atoms with Crippen LogP contribution in [0, 0.1) is 0 Å². The van der Waals surface area contributed by atoms with Crippen molar-refractivity contribution >= 4 is 5.78 Å². The lowest BCUT2D eigenvalue weighted by Crippen LogP contribution is -2.15. The van der Waals surface area contributed by atoms with E-state index in [0.717, 1.165) is 24.8 Å². The summed E-state index contributed by atoms with van der Waals surface area (Å²) in [4.78, 5) is 11.9. The summed E-state index contributed by atoms with van der Waals surface area (Å²) in [6, 6.07) is 9.45. The second-order valence-electron chi connectivity index (χ2n) is 4.96. The van der Waals surface area contributed by atoms with E-state index in [9.17, 15) is 4.79 Å². The van der Waals surface area contributed by atoms with Crippen molar-refractivity contribution in [3.8, 4) is 0 Å². The van der Waals surface area contributed by atoms with Gasteiger partial charge in [0, 0.05) is 12.0 Å². The van der Waals surface area contributed by atoms with Gasteiger partial charge < -0.3 is 4.74 Å². The van der Waals surface area contributed by atoms with Gasteiger partial charge in [0.2, 0.25) is 0 Å². The molecule has 0 fully saturated rings. The van der Waals surface area contributed by atoms with Gasteiger partial charge in [0.05, 0.1) is 12.7 Å². The lowest BCUT2D eigenvalue weighted by Gasteiger charge is -2.16. The zero-order valence-electron chi connectivity index (χ0n) is 12.2. The van der Waals surface area contributed by atoms with E-state index in [2.05, 4.69) is 13.8 Å². The van der Waals surface area contributed by atoms with Crippen LogP contribution in [0.2, 0.25) is 0 Å². The molecule has 0 saturated heterocycles. The van der Waals surface area contributed by atoms with Gasteiger partial charge in [-0.3, -0.25) is 4.79 Å². The van der Waals surface area contributed by atoms with Crippen LogP contribution in [0.25, 0.3) is 0 Å². The number of ether oxygens (including phenoxy) is 1. The lowest BCUT2D eigenvalue weighted by atomic mass is 10.1. The first-order valence-corrected chi connectivity index (χ1v) is 7.47. The maximum atomic E-state index is 11.9. The normalized spacial score (nSPS) is 12.3. The van der Waals surface area contributed by atoms with Crippen molar-refractivity contribution in [2.75, 3.05) is 6.61 Å². The molecule has 0 aliphatic carbocycles. The Labute approximate surface area is 117 Å². The van der Waals surface area contributed by atoms with E-state index in [1.807, 2.05) is 30.3 Å². The number of benzene rings is 1. The molecular formula is C17H26O2. The topological polar surface area (TPSA) is 26.3 Å². The lowest BCUT2D eigenvalue weighted by molar-refractivity contribution is 0.0374. The van der Waals surface area contributed by atoms with Gasteiger partial charge in [-0.05, 0) is 12.8 Å². The van der Waals surface area contributed by atoms with E-state index < -0.39 is 0 Å². The van der Waals surface area contributed by atoms with Crippen molar-refractivity contribution in [3.63, 3.8) is 0 Å². The molecule has 0 aliphatic rings. The Balaban J connectivity index is 2.29. The second kappa shape index (κ2) is 9.74. The summed E-state index contributed by atoms with van der Waals surface area (Å²) in [6.45, 7) is 4.92. The van der Waals surface area contributed by atoms with Gasteiger partial charge in [-0.15, -0.1) is 0 Å². The van der Waals surface area contributed by atoms with Crippen molar-refractivity contribution in [1.82, 2.24) is 0 Å². The van der Waals surface area contributed by atoms with Gasteiger partial charge in [-0.1, -0.05) is 63.4 Å². The number of ketones is 1. The fourth-order valence-corrected chi connectivity index (χ4v) is 2.15. The molecule has 0 aliphatic heterocycles. The van der Waals surface area contributed by atoms with Crippen LogP contribution >= 0.6 is 0 Å². The average molecular weight is 262 g/mol. The zero-order chi connectivity index (χ0) is 13.9. The largest absolute Gasteiger partial charge is 0.378 e. The van der Waals surface area contributed by atoms with E-state index in [1.165, 1.54) is 12.8 Å². The van der Waals surface area contributed by atoms with Crippen molar-refractivity contribution in [1.29, 1.82) is 0 Å². The molecule has 0 saturated carbocycles. The number of Topliss-reactive ketones (excluding diaryl/α,β-unsaturated/α-hetero) is 1. The first kappa shape index (κ1) is 15.9. The Hall–Kier alpha value is -1.15. The molecular weight excluding hydrogens is 236 g/mol. The van der Waals surface area contributed by atoms with Crippen LogP contribution in [0.1, 0.15) is 62.7 Å². The number of hydrogen-bond acceptors (Lipinski definition) is 2. The predicted molar refractivity (Wildman–Crippen MR) is 79.6 cm³/mol. The highest BCUT2D eigenvalue weighted by atomic mass is 16.5. The molecule has 0 bridgehead atoms. The van der Waals surface area contributed by atoms with Gasteiger partial charge >= 0.3 is 0 Å². The quantitative estimate of drug-likeness (QED) is 0.574. The average Bonchev–Trinajstić information content (AvgIpc) is 2.45. The van der Waals surface area contributed by atoms with E-state index >= 15 is 0 Å². The zero-order valence-corrected chi connectivity index (χ0v) is 12.2. The summed E-state index contributed by atoms with van der Waals surface area (Å²) in [5, 5.41) is 0. The summed E-state index contributed by atoms with van der Waals surface area (Å²) in [5.41, 5.74) is 0.784. The number of carbonyl (C=O) groups excluding carboxylic acids is 1. The number of rotatable bonds is 10. The molecule has 0 N–H and O–H groups in total. The van der Waals surface area contributed by atoms with Crippen molar-refractivity contribution in [3.05, 3.63) is 35.9 Å². The third-order valence-electron chi connectivity index (χ3n) is 3.27. The van der Waals surface area contributed by atoms with Crippen molar-refractivity contribution < 1.29 is 9.53 Å². The van der Waals surface area contributed by atoms with Gasteiger partial charge in [0.25, 0.3) is 0 Å². The van der Waals surface area contributed by atoms with E-state index in [1.54, 1.807) is 0 Å². The molecule has 0 heterocycles. The van der Waals surface area contributed by atoms with Crippen LogP contribution < -0.4 is 0 Å². The standard InChI is InChI=1S/C17H26O2/c1-3-5-12-16(9-4-2)19-14-13-17(18)15-10-7-6-8-11-15/h6-8,10-11,16H,3-5,9,12-14H2,1-2H3. The molecule has 1 rings (SSSR count).